The van der Waals surface area contributed by atoms with Gasteiger partial charge in [-0.1, -0.05) is 48.3 Å². The Morgan fingerprint density at radius 3 is 2.49 bits per heavy atom. The van der Waals surface area contributed by atoms with Crippen molar-refractivity contribution in [2.45, 2.75) is 64.1 Å². The van der Waals surface area contributed by atoms with Crippen LogP contribution in [0.15, 0.2) is 42.5 Å². The molecular weight excluding hydrogens is 559 g/mol. The predicted molar refractivity (Wildman–Crippen MR) is 156 cm³/mol. The smallest absolute Gasteiger partial charge is 0.249 e. The molecule has 2 amide bonds. The summed E-state index contributed by atoms with van der Waals surface area (Å²) in [6.45, 7) is 6.53. The fourth-order valence-electron chi connectivity index (χ4n) is 5.68. The molecule has 11 heteroatoms. The van der Waals surface area contributed by atoms with Crippen LogP contribution in [-0.2, 0) is 31.6 Å². The first kappa shape index (κ1) is 29.8. The van der Waals surface area contributed by atoms with Crippen molar-refractivity contribution in [1.82, 2.24) is 14.5 Å². The fraction of sp³-hybridized carbons (Fsp3) is 0.500. The Labute approximate surface area is 241 Å². The van der Waals surface area contributed by atoms with Gasteiger partial charge in [-0.15, -0.1) is 0 Å². The first-order chi connectivity index (χ1) is 18.5. The second kappa shape index (κ2) is 12.1. The summed E-state index contributed by atoms with van der Waals surface area (Å²) in [5.41, 5.74) is 1.09. The zero-order chi connectivity index (χ0) is 28.4. The molecule has 39 heavy (non-hydrogen) atoms. The van der Waals surface area contributed by atoms with Gasteiger partial charge in [-0.05, 0) is 62.9 Å². The summed E-state index contributed by atoms with van der Waals surface area (Å²) in [4.78, 5) is 29.2. The van der Waals surface area contributed by atoms with Crippen LogP contribution in [-0.4, -0.2) is 66.9 Å². The molecule has 2 heterocycles. The molecule has 2 aromatic rings. The monoisotopic (exact) mass is 594 g/mol. The molecule has 0 saturated carbocycles. The lowest BCUT2D eigenvalue weighted by Gasteiger charge is -2.42. The number of halogens is 2. The molecule has 1 saturated heterocycles. The summed E-state index contributed by atoms with van der Waals surface area (Å²) in [5.74, 6) is -0.300. The van der Waals surface area contributed by atoms with Gasteiger partial charge in [-0.25, -0.2) is 12.7 Å². The lowest BCUT2D eigenvalue weighted by molar-refractivity contribution is -0.134. The molecule has 0 aromatic heterocycles. The van der Waals surface area contributed by atoms with E-state index in [2.05, 4.69) is 10.6 Å². The fourth-order valence-corrected chi connectivity index (χ4v) is 7.61. The highest BCUT2D eigenvalue weighted by atomic mass is 35.5. The third-order valence-electron chi connectivity index (χ3n) is 7.50. The molecule has 4 rings (SSSR count). The number of carbonyl (C=O) groups is 2. The number of anilines is 1. The number of benzene rings is 2. The number of piperidine rings is 1. The molecule has 1 fully saturated rings. The molecule has 0 radical (unpaired) electrons. The number of fused-ring (bicyclic) bond motifs is 1. The maximum Gasteiger partial charge on any atom is 0.249 e. The van der Waals surface area contributed by atoms with E-state index in [4.69, 9.17) is 23.2 Å². The minimum absolute atomic E-state index is 0.0118. The van der Waals surface area contributed by atoms with Crippen LogP contribution in [0.25, 0.3) is 0 Å². The van der Waals surface area contributed by atoms with Gasteiger partial charge in [-0.3, -0.25) is 14.5 Å². The zero-order valence-electron chi connectivity index (χ0n) is 22.5. The van der Waals surface area contributed by atoms with Crippen molar-refractivity contribution >= 4 is 50.7 Å². The van der Waals surface area contributed by atoms with Crippen LogP contribution in [0.3, 0.4) is 0 Å². The molecule has 2 N–H and O–H groups in total. The number of hydrogen-bond acceptors (Lipinski definition) is 5. The van der Waals surface area contributed by atoms with E-state index in [0.29, 0.717) is 54.5 Å². The summed E-state index contributed by atoms with van der Waals surface area (Å²) >= 11 is 12.5. The van der Waals surface area contributed by atoms with Crippen LogP contribution in [0.5, 0.6) is 0 Å². The van der Waals surface area contributed by atoms with Crippen LogP contribution >= 0.6 is 23.2 Å². The predicted octanol–water partition coefficient (Wildman–Crippen LogP) is 4.41. The average molecular weight is 596 g/mol. The van der Waals surface area contributed by atoms with Gasteiger partial charge in [0.2, 0.25) is 21.8 Å². The molecule has 0 bridgehead atoms. The van der Waals surface area contributed by atoms with Crippen LogP contribution in [0.4, 0.5) is 5.69 Å². The molecule has 1 unspecified atom stereocenters. The van der Waals surface area contributed by atoms with Gasteiger partial charge in [-0.2, -0.15) is 0 Å². The lowest BCUT2D eigenvalue weighted by atomic mass is 9.82. The van der Waals surface area contributed by atoms with E-state index in [-0.39, 0.29) is 36.2 Å². The van der Waals surface area contributed by atoms with Crippen molar-refractivity contribution in [2.75, 3.05) is 30.7 Å². The Morgan fingerprint density at radius 2 is 1.85 bits per heavy atom. The van der Waals surface area contributed by atoms with Crippen molar-refractivity contribution in [2.24, 2.45) is 0 Å². The van der Waals surface area contributed by atoms with Crippen molar-refractivity contribution in [1.29, 1.82) is 0 Å². The molecule has 2 aliphatic rings. The van der Waals surface area contributed by atoms with E-state index in [0.717, 1.165) is 11.1 Å². The highest BCUT2D eigenvalue weighted by molar-refractivity contribution is 7.89. The number of nitrogens with zero attached hydrogens (tertiary/aromatic N) is 2. The molecule has 2 aliphatic heterocycles. The van der Waals surface area contributed by atoms with Crippen LogP contribution in [0, 0.1) is 0 Å². The van der Waals surface area contributed by atoms with Crippen molar-refractivity contribution < 1.29 is 18.0 Å². The van der Waals surface area contributed by atoms with E-state index < -0.39 is 15.6 Å². The topological polar surface area (TPSA) is 98.8 Å². The quantitative estimate of drug-likeness (QED) is 0.424. The van der Waals surface area contributed by atoms with Crippen molar-refractivity contribution in [3.63, 3.8) is 0 Å². The molecular formula is C28H36Cl2N4O4S. The van der Waals surface area contributed by atoms with Gasteiger partial charge < -0.3 is 10.6 Å². The number of carbonyl (C=O) groups excluding carboxylic acids is 2. The van der Waals surface area contributed by atoms with Gasteiger partial charge >= 0.3 is 0 Å². The summed E-state index contributed by atoms with van der Waals surface area (Å²) in [5, 5.41) is 7.16. The maximum absolute atomic E-state index is 13.8. The minimum Gasteiger partial charge on any atom is -0.352 e. The molecule has 0 spiro atoms. The Hall–Kier alpha value is -2.17. The normalized spacial score (nSPS) is 20.3. The first-order valence-corrected chi connectivity index (χ1v) is 15.7. The Bertz CT molecular complexity index is 1330. The van der Waals surface area contributed by atoms with Gasteiger partial charge in [0.05, 0.1) is 12.3 Å². The number of hydrogen-bond donors (Lipinski definition) is 2. The molecule has 212 valence electrons. The summed E-state index contributed by atoms with van der Waals surface area (Å²) < 4.78 is 26.4. The number of sulfonamides is 1. The Balaban J connectivity index is 1.58. The van der Waals surface area contributed by atoms with Gasteiger partial charge in [0.1, 0.15) is 5.54 Å². The molecule has 2 aromatic carbocycles. The summed E-state index contributed by atoms with van der Waals surface area (Å²) in [6, 6.07) is 12.4. The van der Waals surface area contributed by atoms with E-state index in [1.165, 1.54) is 4.31 Å². The number of rotatable bonds is 10. The third kappa shape index (κ3) is 6.43. The second-order valence-corrected chi connectivity index (χ2v) is 13.6. The first-order valence-electron chi connectivity index (χ1n) is 13.4. The Kier molecular flexibility index (Phi) is 9.28. The van der Waals surface area contributed by atoms with Gasteiger partial charge in [0.25, 0.3) is 0 Å². The number of amides is 2. The zero-order valence-corrected chi connectivity index (χ0v) is 24.9. The number of nitrogens with one attached hydrogen (secondary N) is 2. The van der Waals surface area contributed by atoms with E-state index >= 15 is 0 Å². The SMILES string of the molecule is CCCS(=O)(=O)N1CCC(NC(=O)CN(C(C)C)C2(Cc3cccc(Cl)c3)C(=O)Nc3cc(Cl)ccc32)CC1. The summed E-state index contributed by atoms with van der Waals surface area (Å²) in [6.07, 6.45) is 1.98. The largest absolute Gasteiger partial charge is 0.352 e. The highest BCUT2D eigenvalue weighted by Gasteiger charge is 2.52. The molecule has 8 nitrogen and oxygen atoms in total. The van der Waals surface area contributed by atoms with E-state index in [1.807, 2.05) is 49.9 Å². The van der Waals surface area contributed by atoms with Crippen molar-refractivity contribution in [3.05, 3.63) is 63.6 Å². The second-order valence-electron chi connectivity index (χ2n) is 10.6. The summed E-state index contributed by atoms with van der Waals surface area (Å²) in [7, 11) is -3.26. The van der Waals surface area contributed by atoms with Crippen LogP contribution < -0.4 is 10.6 Å². The van der Waals surface area contributed by atoms with Gasteiger partial charge in [0, 0.05) is 52.9 Å². The van der Waals surface area contributed by atoms with Crippen LogP contribution in [0.1, 0.15) is 51.2 Å². The van der Waals surface area contributed by atoms with E-state index in [1.54, 1.807) is 18.2 Å². The molecule has 0 aliphatic carbocycles. The standard InChI is InChI=1S/C28H36Cl2N4O4S/c1-4-14-39(37,38)33-12-10-23(11-13-33)31-26(35)18-34(19(2)3)28(17-20-6-5-7-21(29)15-20)24-9-8-22(30)16-25(24)32-27(28)36/h5-9,15-16,19,23H,4,10-14,17-18H2,1-3H3,(H,31,35)(H,32,36). The minimum atomic E-state index is -3.26. The van der Waals surface area contributed by atoms with E-state index in [9.17, 15) is 18.0 Å². The van der Waals surface area contributed by atoms with Crippen molar-refractivity contribution in [3.8, 4) is 0 Å². The highest BCUT2D eigenvalue weighted by Crippen LogP contribution is 2.45. The Morgan fingerprint density at radius 1 is 1.15 bits per heavy atom. The third-order valence-corrected chi connectivity index (χ3v) is 10.0. The van der Waals surface area contributed by atoms with Gasteiger partial charge in [0.15, 0.2) is 0 Å². The lowest BCUT2D eigenvalue weighted by Crippen LogP contribution is -2.59. The van der Waals surface area contributed by atoms with Crippen LogP contribution in [0.2, 0.25) is 10.0 Å². The maximum atomic E-state index is 13.8. The average Bonchev–Trinajstić information content (AvgIpc) is 3.13. The molecule has 1 atom stereocenters.